The van der Waals surface area contributed by atoms with Gasteiger partial charge in [0.15, 0.2) is 0 Å². The molecule has 2 aromatic rings. The molecule has 0 saturated carbocycles. The summed E-state index contributed by atoms with van der Waals surface area (Å²) in [6.45, 7) is 7.01. The Bertz CT molecular complexity index is 811. The maximum Gasteiger partial charge on any atom is 0.417 e. The van der Waals surface area contributed by atoms with Crippen molar-refractivity contribution in [2.75, 3.05) is 42.9 Å². The second-order valence-corrected chi connectivity index (χ2v) is 7.49. The summed E-state index contributed by atoms with van der Waals surface area (Å²) in [5.74, 6) is 0.881. The van der Waals surface area contributed by atoms with Crippen molar-refractivity contribution in [1.82, 2.24) is 9.88 Å². The number of nitrogens with one attached hydrogen (secondary N) is 1. The van der Waals surface area contributed by atoms with Gasteiger partial charge in [-0.05, 0) is 35.7 Å². The van der Waals surface area contributed by atoms with Crippen molar-refractivity contribution in [3.63, 3.8) is 0 Å². The maximum absolute atomic E-state index is 12.6. The monoisotopic (exact) mass is 406 g/mol. The molecule has 3 rings (SSSR count). The maximum atomic E-state index is 12.6. The van der Waals surface area contributed by atoms with E-state index >= 15 is 0 Å². The number of halogens is 3. The van der Waals surface area contributed by atoms with Gasteiger partial charge in [0.2, 0.25) is 5.91 Å². The van der Waals surface area contributed by atoms with Gasteiger partial charge >= 0.3 is 6.18 Å². The largest absolute Gasteiger partial charge is 0.417 e. The van der Waals surface area contributed by atoms with Gasteiger partial charge in [-0.3, -0.25) is 9.69 Å². The molecule has 1 N–H and O–H groups in total. The van der Waals surface area contributed by atoms with Crippen LogP contribution in [0.3, 0.4) is 0 Å². The third-order valence-corrected chi connectivity index (χ3v) is 5.00. The van der Waals surface area contributed by atoms with Gasteiger partial charge in [-0.15, -0.1) is 0 Å². The summed E-state index contributed by atoms with van der Waals surface area (Å²) in [4.78, 5) is 20.2. The van der Waals surface area contributed by atoms with Gasteiger partial charge in [-0.1, -0.05) is 26.0 Å². The van der Waals surface area contributed by atoms with Gasteiger partial charge in [-0.2, -0.15) is 13.2 Å². The van der Waals surface area contributed by atoms with Gasteiger partial charge in [0.25, 0.3) is 0 Å². The Morgan fingerprint density at radius 3 is 2.24 bits per heavy atom. The number of hydrogen-bond donors (Lipinski definition) is 1. The standard InChI is InChI=1S/C21H25F3N4O/c1-15(2)16-3-6-18(7-4-16)26-20(29)14-27-9-11-28(12-10-27)19-8-5-17(13-25-19)21(22,23)24/h3-8,13,15H,9-12,14H2,1-2H3,(H,26,29). The minimum atomic E-state index is -4.38. The van der Waals surface area contributed by atoms with E-state index in [0.717, 1.165) is 18.0 Å². The van der Waals surface area contributed by atoms with Crippen molar-refractivity contribution in [2.45, 2.75) is 25.9 Å². The van der Waals surface area contributed by atoms with Crippen molar-refractivity contribution in [3.05, 3.63) is 53.7 Å². The highest BCUT2D eigenvalue weighted by molar-refractivity contribution is 5.92. The summed E-state index contributed by atoms with van der Waals surface area (Å²) in [7, 11) is 0. The second-order valence-electron chi connectivity index (χ2n) is 7.49. The highest BCUT2D eigenvalue weighted by atomic mass is 19.4. The number of anilines is 2. The number of aromatic nitrogens is 1. The molecule has 0 bridgehead atoms. The Labute approximate surface area is 168 Å². The first-order valence-corrected chi connectivity index (χ1v) is 9.63. The summed E-state index contributed by atoms with van der Waals surface area (Å²) in [6.07, 6.45) is -3.52. The van der Waals surface area contributed by atoms with Gasteiger partial charge in [-0.25, -0.2) is 4.98 Å². The lowest BCUT2D eigenvalue weighted by Crippen LogP contribution is -2.48. The number of pyridine rings is 1. The lowest BCUT2D eigenvalue weighted by molar-refractivity contribution is -0.137. The molecule has 2 heterocycles. The van der Waals surface area contributed by atoms with E-state index in [4.69, 9.17) is 0 Å². The van der Waals surface area contributed by atoms with E-state index in [-0.39, 0.29) is 12.5 Å². The number of hydrogen-bond acceptors (Lipinski definition) is 4. The molecule has 1 aromatic carbocycles. The van der Waals surface area contributed by atoms with Gasteiger partial charge in [0.1, 0.15) is 5.82 Å². The highest BCUT2D eigenvalue weighted by Gasteiger charge is 2.31. The number of rotatable bonds is 5. The molecule has 1 aromatic heterocycles. The number of nitrogens with zero attached hydrogens (tertiary/aromatic N) is 3. The van der Waals surface area contributed by atoms with Crippen LogP contribution < -0.4 is 10.2 Å². The molecule has 5 nitrogen and oxygen atoms in total. The summed E-state index contributed by atoms with van der Waals surface area (Å²) >= 11 is 0. The SMILES string of the molecule is CC(C)c1ccc(NC(=O)CN2CCN(c3ccc(C(F)(F)F)cn3)CC2)cc1. The van der Waals surface area contributed by atoms with Crippen LogP contribution in [-0.2, 0) is 11.0 Å². The van der Waals surface area contributed by atoms with Crippen LogP contribution in [0, 0.1) is 0 Å². The third kappa shape index (κ3) is 5.69. The molecule has 1 saturated heterocycles. The first-order chi connectivity index (χ1) is 13.7. The van der Waals surface area contributed by atoms with E-state index in [2.05, 4.69) is 24.1 Å². The zero-order valence-corrected chi connectivity index (χ0v) is 16.5. The molecule has 1 amide bonds. The number of piperazine rings is 1. The van der Waals surface area contributed by atoms with E-state index in [1.807, 2.05) is 34.1 Å². The summed E-state index contributed by atoms with van der Waals surface area (Å²) in [5, 5.41) is 2.91. The van der Waals surface area contributed by atoms with E-state index in [1.54, 1.807) is 0 Å². The van der Waals surface area contributed by atoms with E-state index < -0.39 is 11.7 Å². The molecule has 1 aliphatic heterocycles. The van der Waals surface area contributed by atoms with Crippen LogP contribution in [0.15, 0.2) is 42.6 Å². The quantitative estimate of drug-likeness (QED) is 0.816. The number of carbonyl (C=O) groups excluding carboxylic acids is 1. The number of alkyl halides is 3. The second kappa shape index (κ2) is 8.82. The fraction of sp³-hybridized carbons (Fsp3) is 0.429. The van der Waals surface area contributed by atoms with Crippen LogP contribution in [0.25, 0.3) is 0 Å². The predicted molar refractivity (Wildman–Crippen MR) is 107 cm³/mol. The van der Waals surface area contributed by atoms with E-state index in [0.29, 0.717) is 37.9 Å². The summed E-state index contributed by atoms with van der Waals surface area (Å²) in [5.41, 5.74) is 1.24. The summed E-state index contributed by atoms with van der Waals surface area (Å²) in [6, 6.07) is 10.3. The molecule has 0 aliphatic carbocycles. The van der Waals surface area contributed by atoms with Crippen LogP contribution in [0.1, 0.15) is 30.9 Å². The average Bonchev–Trinajstić information content (AvgIpc) is 2.68. The van der Waals surface area contributed by atoms with Crippen LogP contribution in [0.2, 0.25) is 0 Å². The smallest absolute Gasteiger partial charge is 0.354 e. The minimum Gasteiger partial charge on any atom is -0.354 e. The lowest BCUT2D eigenvalue weighted by Gasteiger charge is -2.35. The van der Waals surface area contributed by atoms with Gasteiger partial charge in [0, 0.05) is 38.1 Å². The molecule has 29 heavy (non-hydrogen) atoms. The zero-order chi connectivity index (χ0) is 21.0. The van der Waals surface area contributed by atoms with E-state index in [9.17, 15) is 18.0 Å². The van der Waals surface area contributed by atoms with Crippen LogP contribution in [0.5, 0.6) is 0 Å². The first-order valence-electron chi connectivity index (χ1n) is 9.63. The fourth-order valence-electron chi connectivity index (χ4n) is 3.23. The van der Waals surface area contributed by atoms with Gasteiger partial charge in [0.05, 0.1) is 12.1 Å². The molecule has 156 valence electrons. The van der Waals surface area contributed by atoms with Crippen molar-refractivity contribution >= 4 is 17.4 Å². The van der Waals surface area contributed by atoms with Gasteiger partial charge < -0.3 is 10.2 Å². The van der Waals surface area contributed by atoms with Crippen molar-refractivity contribution in [2.24, 2.45) is 0 Å². The molecular weight excluding hydrogens is 381 g/mol. The fourth-order valence-corrected chi connectivity index (χ4v) is 3.23. The van der Waals surface area contributed by atoms with Crippen molar-refractivity contribution in [1.29, 1.82) is 0 Å². The molecule has 8 heteroatoms. The molecule has 1 fully saturated rings. The number of amides is 1. The Balaban J connectivity index is 1.47. The Kier molecular flexibility index (Phi) is 6.42. The number of carbonyl (C=O) groups is 1. The molecule has 0 spiro atoms. The molecular formula is C21H25F3N4O. The minimum absolute atomic E-state index is 0.0802. The Hall–Kier alpha value is -2.61. The topological polar surface area (TPSA) is 48.5 Å². The molecule has 0 unspecified atom stereocenters. The normalized spacial score (nSPS) is 15.6. The van der Waals surface area contributed by atoms with Crippen LogP contribution >= 0.6 is 0 Å². The van der Waals surface area contributed by atoms with E-state index in [1.165, 1.54) is 11.6 Å². The van der Waals surface area contributed by atoms with Crippen LogP contribution in [-0.4, -0.2) is 48.5 Å². The van der Waals surface area contributed by atoms with Crippen molar-refractivity contribution in [3.8, 4) is 0 Å². The molecule has 0 atom stereocenters. The third-order valence-electron chi connectivity index (χ3n) is 5.00. The zero-order valence-electron chi connectivity index (χ0n) is 16.5. The highest BCUT2D eigenvalue weighted by Crippen LogP contribution is 2.29. The van der Waals surface area contributed by atoms with Crippen molar-refractivity contribution < 1.29 is 18.0 Å². The molecule has 0 radical (unpaired) electrons. The number of benzene rings is 1. The Morgan fingerprint density at radius 2 is 1.72 bits per heavy atom. The predicted octanol–water partition coefficient (Wildman–Crippen LogP) is 3.98. The molecule has 1 aliphatic rings. The first kappa shape index (κ1) is 21.1. The summed E-state index contributed by atoms with van der Waals surface area (Å²) < 4.78 is 37.9. The lowest BCUT2D eigenvalue weighted by atomic mass is 10.0. The Morgan fingerprint density at radius 1 is 1.07 bits per heavy atom. The average molecular weight is 406 g/mol. The van der Waals surface area contributed by atoms with Crippen LogP contribution in [0.4, 0.5) is 24.7 Å².